The van der Waals surface area contributed by atoms with Gasteiger partial charge in [-0.15, -0.1) is 0 Å². The van der Waals surface area contributed by atoms with Crippen molar-refractivity contribution in [1.82, 2.24) is 0 Å². The standard InChI is InChI=1S/C23H22FNO2/c1-15-9-11-21(24)20(13-15)23(26)25-22-12-10-19(14-16(22)2)27-17(3)18-7-5-4-6-8-18/h4-14,17H,1-3H3,(H,25,26). The SMILES string of the molecule is Cc1ccc(F)c(C(=O)Nc2ccc(OC(C)c3ccccc3)cc2C)c1. The normalized spacial score (nSPS) is 11.7. The minimum Gasteiger partial charge on any atom is -0.486 e. The maximum absolute atomic E-state index is 13.9. The lowest BCUT2D eigenvalue weighted by molar-refractivity contribution is 0.102. The number of nitrogens with one attached hydrogen (secondary N) is 1. The van der Waals surface area contributed by atoms with Gasteiger partial charge in [0.25, 0.3) is 5.91 Å². The molecule has 3 rings (SSSR count). The molecule has 0 saturated heterocycles. The molecule has 0 fully saturated rings. The van der Waals surface area contributed by atoms with E-state index in [0.29, 0.717) is 11.4 Å². The van der Waals surface area contributed by atoms with Crippen LogP contribution >= 0.6 is 0 Å². The predicted molar refractivity (Wildman–Crippen MR) is 106 cm³/mol. The third-order valence-electron chi connectivity index (χ3n) is 4.39. The first-order valence-corrected chi connectivity index (χ1v) is 8.84. The first-order valence-electron chi connectivity index (χ1n) is 8.84. The van der Waals surface area contributed by atoms with Crippen molar-refractivity contribution in [2.75, 3.05) is 5.32 Å². The van der Waals surface area contributed by atoms with Crippen molar-refractivity contribution in [3.8, 4) is 5.75 Å². The Bertz CT molecular complexity index is 954. The molecule has 0 aliphatic heterocycles. The van der Waals surface area contributed by atoms with Crippen molar-refractivity contribution in [3.63, 3.8) is 0 Å². The average molecular weight is 363 g/mol. The van der Waals surface area contributed by atoms with Crippen LogP contribution in [-0.2, 0) is 0 Å². The number of aryl methyl sites for hydroxylation is 2. The lowest BCUT2D eigenvalue weighted by Crippen LogP contribution is -2.15. The highest BCUT2D eigenvalue weighted by Crippen LogP contribution is 2.26. The van der Waals surface area contributed by atoms with E-state index in [-0.39, 0.29) is 11.7 Å². The van der Waals surface area contributed by atoms with Gasteiger partial charge in [-0.25, -0.2) is 4.39 Å². The molecule has 0 aliphatic carbocycles. The van der Waals surface area contributed by atoms with Gasteiger partial charge in [-0.2, -0.15) is 0 Å². The molecule has 0 heterocycles. The van der Waals surface area contributed by atoms with E-state index in [0.717, 1.165) is 16.7 Å². The van der Waals surface area contributed by atoms with Gasteiger partial charge in [0, 0.05) is 5.69 Å². The summed E-state index contributed by atoms with van der Waals surface area (Å²) in [6.07, 6.45) is -0.0903. The molecule has 1 N–H and O–H groups in total. The molecule has 0 bridgehead atoms. The topological polar surface area (TPSA) is 38.3 Å². The maximum Gasteiger partial charge on any atom is 0.258 e. The number of benzene rings is 3. The average Bonchev–Trinajstić information content (AvgIpc) is 2.66. The van der Waals surface area contributed by atoms with Gasteiger partial charge in [0.15, 0.2) is 0 Å². The molecule has 0 spiro atoms. The number of rotatable bonds is 5. The predicted octanol–water partition coefficient (Wildman–Crippen LogP) is 5.83. The Morgan fingerprint density at radius 3 is 2.44 bits per heavy atom. The van der Waals surface area contributed by atoms with E-state index in [9.17, 15) is 9.18 Å². The van der Waals surface area contributed by atoms with E-state index in [1.807, 2.05) is 57.2 Å². The van der Waals surface area contributed by atoms with Crippen molar-refractivity contribution in [2.45, 2.75) is 26.9 Å². The van der Waals surface area contributed by atoms with Gasteiger partial charge in [-0.3, -0.25) is 4.79 Å². The zero-order valence-corrected chi connectivity index (χ0v) is 15.6. The fourth-order valence-electron chi connectivity index (χ4n) is 2.85. The summed E-state index contributed by atoms with van der Waals surface area (Å²) in [4.78, 5) is 12.4. The third kappa shape index (κ3) is 4.53. The monoisotopic (exact) mass is 363 g/mol. The number of amides is 1. The molecule has 1 atom stereocenters. The molecule has 1 amide bonds. The smallest absolute Gasteiger partial charge is 0.258 e. The summed E-state index contributed by atoms with van der Waals surface area (Å²) in [7, 11) is 0. The molecule has 0 aliphatic rings. The molecule has 3 aromatic carbocycles. The minimum atomic E-state index is -0.535. The fraction of sp³-hybridized carbons (Fsp3) is 0.174. The molecule has 0 radical (unpaired) electrons. The quantitative estimate of drug-likeness (QED) is 0.619. The summed E-state index contributed by atoms with van der Waals surface area (Å²) in [6, 6.07) is 19.9. The van der Waals surface area contributed by atoms with Gasteiger partial charge >= 0.3 is 0 Å². The van der Waals surface area contributed by atoms with Gasteiger partial charge in [0.05, 0.1) is 5.56 Å². The van der Waals surface area contributed by atoms with Crippen LogP contribution in [0.5, 0.6) is 5.75 Å². The fourth-order valence-corrected chi connectivity index (χ4v) is 2.85. The molecular weight excluding hydrogens is 341 g/mol. The molecular formula is C23H22FNO2. The van der Waals surface area contributed by atoms with Crippen LogP contribution in [0.15, 0.2) is 66.7 Å². The summed E-state index contributed by atoms with van der Waals surface area (Å²) >= 11 is 0. The Kier molecular flexibility index (Phi) is 5.55. The van der Waals surface area contributed by atoms with E-state index in [4.69, 9.17) is 4.74 Å². The van der Waals surface area contributed by atoms with Gasteiger partial charge in [0.1, 0.15) is 17.7 Å². The molecule has 27 heavy (non-hydrogen) atoms. The van der Waals surface area contributed by atoms with Crippen LogP contribution in [0.3, 0.4) is 0 Å². The van der Waals surface area contributed by atoms with Gasteiger partial charge < -0.3 is 10.1 Å². The largest absolute Gasteiger partial charge is 0.486 e. The lowest BCUT2D eigenvalue weighted by Gasteiger charge is -2.17. The van der Waals surface area contributed by atoms with E-state index in [1.165, 1.54) is 6.07 Å². The number of anilines is 1. The van der Waals surface area contributed by atoms with Gasteiger partial charge in [0.2, 0.25) is 0 Å². The first kappa shape index (κ1) is 18.6. The Morgan fingerprint density at radius 2 is 1.74 bits per heavy atom. The van der Waals surface area contributed by atoms with Gasteiger partial charge in [-0.1, -0.05) is 42.0 Å². The zero-order chi connectivity index (χ0) is 19.4. The first-order chi connectivity index (χ1) is 12.9. The second kappa shape index (κ2) is 8.04. The van der Waals surface area contributed by atoms with Crippen molar-refractivity contribution in [2.24, 2.45) is 0 Å². The van der Waals surface area contributed by atoms with Gasteiger partial charge in [-0.05, 0) is 62.2 Å². The highest BCUT2D eigenvalue weighted by Gasteiger charge is 2.14. The highest BCUT2D eigenvalue weighted by molar-refractivity contribution is 6.05. The van der Waals surface area contributed by atoms with E-state index < -0.39 is 11.7 Å². The van der Waals surface area contributed by atoms with Crippen LogP contribution in [-0.4, -0.2) is 5.91 Å². The van der Waals surface area contributed by atoms with E-state index >= 15 is 0 Å². The van der Waals surface area contributed by atoms with Crippen LogP contribution in [0, 0.1) is 19.7 Å². The van der Waals surface area contributed by atoms with Crippen molar-refractivity contribution >= 4 is 11.6 Å². The Balaban J connectivity index is 1.73. The molecule has 1 unspecified atom stereocenters. The van der Waals surface area contributed by atoms with Crippen molar-refractivity contribution < 1.29 is 13.9 Å². The Morgan fingerprint density at radius 1 is 1.00 bits per heavy atom. The van der Waals surface area contributed by atoms with Crippen LogP contribution in [0.2, 0.25) is 0 Å². The summed E-state index contributed by atoms with van der Waals surface area (Å²) in [5.74, 6) is -0.290. The summed E-state index contributed by atoms with van der Waals surface area (Å²) in [5, 5.41) is 2.77. The zero-order valence-electron chi connectivity index (χ0n) is 15.6. The molecule has 3 nitrogen and oxygen atoms in total. The maximum atomic E-state index is 13.9. The second-order valence-electron chi connectivity index (χ2n) is 6.58. The molecule has 4 heteroatoms. The summed E-state index contributed by atoms with van der Waals surface area (Å²) in [5.41, 5.74) is 3.42. The Labute approximate surface area is 158 Å². The molecule has 0 saturated carbocycles. The van der Waals surface area contributed by atoms with E-state index in [2.05, 4.69) is 5.32 Å². The highest BCUT2D eigenvalue weighted by atomic mass is 19.1. The van der Waals surface area contributed by atoms with Crippen LogP contribution in [0.25, 0.3) is 0 Å². The Hall–Kier alpha value is -3.14. The lowest BCUT2D eigenvalue weighted by atomic mass is 10.1. The molecule has 0 aromatic heterocycles. The number of halogens is 1. The van der Waals surface area contributed by atoms with Crippen LogP contribution in [0.1, 0.15) is 40.1 Å². The number of carbonyl (C=O) groups excluding carboxylic acids is 1. The van der Waals surface area contributed by atoms with Crippen molar-refractivity contribution in [3.05, 3.63) is 94.8 Å². The second-order valence-corrected chi connectivity index (χ2v) is 6.58. The number of hydrogen-bond donors (Lipinski definition) is 1. The van der Waals surface area contributed by atoms with E-state index in [1.54, 1.807) is 24.3 Å². The number of hydrogen-bond acceptors (Lipinski definition) is 2. The summed E-state index contributed by atoms with van der Waals surface area (Å²) < 4.78 is 19.9. The molecule has 138 valence electrons. The van der Waals surface area contributed by atoms with Crippen LogP contribution in [0.4, 0.5) is 10.1 Å². The third-order valence-corrected chi connectivity index (χ3v) is 4.39. The van der Waals surface area contributed by atoms with Crippen molar-refractivity contribution in [1.29, 1.82) is 0 Å². The summed E-state index contributed by atoms with van der Waals surface area (Å²) in [6.45, 7) is 5.69. The number of ether oxygens (including phenoxy) is 1. The molecule has 3 aromatic rings. The minimum absolute atomic E-state index is 0.0347. The van der Waals surface area contributed by atoms with Crippen LogP contribution < -0.4 is 10.1 Å². The number of carbonyl (C=O) groups is 1.